The van der Waals surface area contributed by atoms with E-state index in [0.717, 1.165) is 25.4 Å². The van der Waals surface area contributed by atoms with Crippen molar-refractivity contribution in [2.75, 3.05) is 0 Å². The highest BCUT2D eigenvalue weighted by Crippen LogP contribution is 2.13. The molecule has 3 heteroatoms. The Morgan fingerprint density at radius 3 is 2.44 bits per heavy atom. The smallest absolute Gasteiger partial charge is 0.135 e. The zero-order valence-corrected chi connectivity index (χ0v) is 12.9. The van der Waals surface area contributed by atoms with E-state index < -0.39 is 0 Å². The number of aryl methyl sites for hydroxylation is 1. The zero-order chi connectivity index (χ0) is 13.5. The van der Waals surface area contributed by atoms with E-state index in [2.05, 4.69) is 44.0 Å². The van der Waals surface area contributed by atoms with Gasteiger partial charge in [0.1, 0.15) is 13.1 Å². The Kier molecular flexibility index (Phi) is 6.37. The maximum absolute atomic E-state index is 4.73. The molecule has 0 aliphatic heterocycles. The van der Waals surface area contributed by atoms with Crippen molar-refractivity contribution >= 4 is 0 Å². The van der Waals surface area contributed by atoms with Crippen molar-refractivity contribution in [3.8, 4) is 0 Å². The van der Waals surface area contributed by atoms with Crippen LogP contribution in [0.3, 0.4) is 0 Å². The van der Waals surface area contributed by atoms with E-state index in [1.54, 1.807) is 0 Å². The lowest BCUT2D eigenvalue weighted by Crippen LogP contribution is -2.43. The monoisotopic (exact) mass is 252 g/mol. The molecule has 0 aliphatic carbocycles. The molecule has 18 heavy (non-hydrogen) atoms. The topological polar surface area (TPSA) is 21.7 Å². The molecule has 1 aromatic heterocycles. The molecule has 1 heterocycles. The van der Waals surface area contributed by atoms with E-state index in [1.807, 2.05) is 0 Å². The van der Waals surface area contributed by atoms with Gasteiger partial charge in [-0.3, -0.25) is 0 Å². The lowest BCUT2D eigenvalue weighted by Gasteiger charge is -2.11. The van der Waals surface area contributed by atoms with Gasteiger partial charge in [0.15, 0.2) is 11.4 Å². The van der Waals surface area contributed by atoms with Crippen LogP contribution in [-0.2, 0) is 19.5 Å². The SMILES string of the molecule is CCCCC(CC)C[n+]1nn(CC)c(C)c1CC. The molecule has 1 unspecified atom stereocenters. The molecular formula is C15H30N3+. The Morgan fingerprint density at radius 2 is 1.94 bits per heavy atom. The van der Waals surface area contributed by atoms with Crippen molar-refractivity contribution in [1.29, 1.82) is 0 Å². The summed E-state index contributed by atoms with van der Waals surface area (Å²) >= 11 is 0. The van der Waals surface area contributed by atoms with Crippen LogP contribution in [0, 0.1) is 12.8 Å². The lowest BCUT2D eigenvalue weighted by atomic mass is 9.99. The van der Waals surface area contributed by atoms with Gasteiger partial charge in [-0.2, -0.15) is 0 Å². The average molecular weight is 252 g/mol. The predicted molar refractivity (Wildman–Crippen MR) is 75.5 cm³/mol. The highest BCUT2D eigenvalue weighted by atomic mass is 15.5. The number of unbranched alkanes of at least 4 members (excludes halogenated alkanes) is 1. The standard InChI is InChI=1S/C15H30N3/c1-6-10-11-14(7-2)12-18-15(8-3)13(5)17(9-4)16-18/h14H,6-12H2,1-5H3/q+1. The molecule has 0 aliphatic rings. The summed E-state index contributed by atoms with van der Waals surface area (Å²) in [6.07, 6.45) is 6.31. The van der Waals surface area contributed by atoms with Gasteiger partial charge >= 0.3 is 0 Å². The zero-order valence-electron chi connectivity index (χ0n) is 12.9. The Bertz CT molecular complexity index is 355. The van der Waals surface area contributed by atoms with Crippen LogP contribution in [0.25, 0.3) is 0 Å². The van der Waals surface area contributed by atoms with E-state index in [4.69, 9.17) is 5.21 Å². The lowest BCUT2D eigenvalue weighted by molar-refractivity contribution is -0.767. The first-order valence-electron chi connectivity index (χ1n) is 7.64. The second-order valence-corrected chi connectivity index (χ2v) is 5.19. The molecule has 0 amide bonds. The third-order valence-corrected chi connectivity index (χ3v) is 3.94. The highest BCUT2D eigenvalue weighted by Gasteiger charge is 2.21. The maximum atomic E-state index is 4.73. The largest absolute Gasteiger partial charge is 0.170 e. The van der Waals surface area contributed by atoms with Crippen LogP contribution < -0.4 is 4.68 Å². The summed E-state index contributed by atoms with van der Waals surface area (Å²) in [6, 6.07) is 0. The van der Waals surface area contributed by atoms with Gasteiger partial charge in [-0.25, -0.2) is 0 Å². The molecule has 0 aromatic carbocycles. The van der Waals surface area contributed by atoms with Crippen LogP contribution in [0.1, 0.15) is 64.8 Å². The molecule has 0 bridgehead atoms. The van der Waals surface area contributed by atoms with E-state index in [1.165, 1.54) is 37.1 Å². The van der Waals surface area contributed by atoms with Crippen LogP contribution in [0.15, 0.2) is 0 Å². The normalized spacial score (nSPS) is 12.9. The number of aromatic nitrogens is 3. The minimum absolute atomic E-state index is 0.778. The fraction of sp³-hybridized carbons (Fsp3) is 0.867. The van der Waals surface area contributed by atoms with Crippen LogP contribution in [0.4, 0.5) is 0 Å². The van der Waals surface area contributed by atoms with Crippen molar-refractivity contribution < 1.29 is 4.68 Å². The van der Waals surface area contributed by atoms with Crippen molar-refractivity contribution in [3.05, 3.63) is 11.4 Å². The average Bonchev–Trinajstić information content (AvgIpc) is 2.69. The van der Waals surface area contributed by atoms with Crippen LogP contribution in [-0.4, -0.2) is 9.90 Å². The molecule has 1 atom stereocenters. The van der Waals surface area contributed by atoms with Gasteiger partial charge in [0, 0.05) is 13.3 Å². The number of hydrogen-bond donors (Lipinski definition) is 0. The molecule has 0 radical (unpaired) electrons. The Balaban J connectivity index is 2.81. The third kappa shape index (κ3) is 3.56. The Morgan fingerprint density at radius 1 is 1.22 bits per heavy atom. The first-order valence-corrected chi connectivity index (χ1v) is 7.64. The molecule has 104 valence electrons. The molecule has 1 aromatic rings. The van der Waals surface area contributed by atoms with Gasteiger partial charge in [0.25, 0.3) is 0 Å². The molecular weight excluding hydrogens is 222 g/mol. The van der Waals surface area contributed by atoms with E-state index in [0.29, 0.717) is 0 Å². The molecule has 0 fully saturated rings. The summed E-state index contributed by atoms with van der Waals surface area (Å²) in [5, 5.41) is 4.73. The van der Waals surface area contributed by atoms with Crippen LogP contribution >= 0.6 is 0 Å². The minimum Gasteiger partial charge on any atom is -0.135 e. The van der Waals surface area contributed by atoms with Gasteiger partial charge in [-0.1, -0.05) is 33.6 Å². The third-order valence-electron chi connectivity index (χ3n) is 3.94. The van der Waals surface area contributed by atoms with Gasteiger partial charge in [0.2, 0.25) is 0 Å². The van der Waals surface area contributed by atoms with E-state index in [-0.39, 0.29) is 0 Å². The second kappa shape index (κ2) is 7.55. The number of rotatable bonds is 8. The van der Waals surface area contributed by atoms with Crippen LogP contribution in [0.5, 0.6) is 0 Å². The summed E-state index contributed by atoms with van der Waals surface area (Å²) in [7, 11) is 0. The summed E-state index contributed by atoms with van der Waals surface area (Å²) in [4.78, 5) is 0. The molecule has 0 saturated heterocycles. The fourth-order valence-electron chi connectivity index (χ4n) is 2.63. The molecule has 1 rings (SSSR count). The van der Waals surface area contributed by atoms with Crippen LogP contribution in [0.2, 0.25) is 0 Å². The van der Waals surface area contributed by atoms with Gasteiger partial charge < -0.3 is 0 Å². The summed E-state index contributed by atoms with van der Waals surface area (Å²) in [5.74, 6) is 0.778. The molecule has 0 N–H and O–H groups in total. The Labute approximate surface area is 112 Å². The first-order chi connectivity index (χ1) is 8.67. The van der Waals surface area contributed by atoms with E-state index >= 15 is 0 Å². The summed E-state index contributed by atoms with van der Waals surface area (Å²) < 4.78 is 4.38. The van der Waals surface area contributed by atoms with Gasteiger partial charge in [-0.15, -0.1) is 9.36 Å². The molecule has 0 spiro atoms. The molecule has 0 saturated carbocycles. The van der Waals surface area contributed by atoms with Crippen molar-refractivity contribution in [1.82, 2.24) is 9.90 Å². The maximum Gasteiger partial charge on any atom is 0.170 e. The van der Waals surface area contributed by atoms with Crippen molar-refractivity contribution in [2.45, 2.75) is 79.8 Å². The predicted octanol–water partition coefficient (Wildman–Crippen LogP) is 3.28. The minimum atomic E-state index is 0.778. The first kappa shape index (κ1) is 15.2. The van der Waals surface area contributed by atoms with Gasteiger partial charge in [-0.05, 0) is 25.7 Å². The second-order valence-electron chi connectivity index (χ2n) is 5.19. The molecule has 3 nitrogen and oxygen atoms in total. The summed E-state index contributed by atoms with van der Waals surface area (Å²) in [5.41, 5.74) is 2.75. The number of nitrogens with zero attached hydrogens (tertiary/aromatic N) is 3. The number of hydrogen-bond acceptors (Lipinski definition) is 1. The Hall–Kier alpha value is -0.860. The van der Waals surface area contributed by atoms with Gasteiger partial charge in [0.05, 0.1) is 5.21 Å². The van der Waals surface area contributed by atoms with E-state index in [9.17, 15) is 0 Å². The summed E-state index contributed by atoms with van der Waals surface area (Å²) in [6.45, 7) is 13.2. The quantitative estimate of drug-likeness (QED) is 0.651. The highest BCUT2D eigenvalue weighted by molar-refractivity contribution is 5.02. The fourth-order valence-corrected chi connectivity index (χ4v) is 2.63. The van der Waals surface area contributed by atoms with Crippen molar-refractivity contribution in [2.24, 2.45) is 5.92 Å². The van der Waals surface area contributed by atoms with Crippen molar-refractivity contribution in [3.63, 3.8) is 0 Å².